The Hall–Kier alpha value is -2.71. The number of hydrogen-bond donors (Lipinski definition) is 1. The number of rotatable bonds is 4. The first-order chi connectivity index (χ1) is 13.9. The number of nitrogens with zero attached hydrogens (tertiary/aromatic N) is 5. The minimum Gasteiger partial charge on any atom is -0.451 e. The minimum atomic E-state index is -0.446. The van der Waals surface area contributed by atoms with Crippen LogP contribution < -0.4 is 4.90 Å². The van der Waals surface area contributed by atoms with Crippen LogP contribution in [0.2, 0.25) is 5.15 Å². The van der Waals surface area contributed by atoms with Crippen molar-refractivity contribution in [3.63, 3.8) is 0 Å². The highest BCUT2D eigenvalue weighted by molar-refractivity contribution is 6.34. The van der Waals surface area contributed by atoms with Gasteiger partial charge in [0.1, 0.15) is 22.4 Å². The third kappa shape index (κ3) is 3.77. The number of aliphatic hydroxyl groups excluding tert-OH is 1. The Morgan fingerprint density at radius 3 is 2.79 bits per heavy atom. The van der Waals surface area contributed by atoms with Crippen LogP contribution >= 0.6 is 11.6 Å². The van der Waals surface area contributed by atoms with E-state index in [1.807, 2.05) is 24.8 Å². The predicted octanol–water partition coefficient (Wildman–Crippen LogP) is 2.55. The van der Waals surface area contributed by atoms with Crippen molar-refractivity contribution in [2.24, 2.45) is 0 Å². The van der Waals surface area contributed by atoms with Crippen LogP contribution in [0.15, 0.2) is 35.0 Å². The number of anilines is 1. The second-order valence-corrected chi connectivity index (χ2v) is 7.98. The first-order valence-electron chi connectivity index (χ1n) is 9.43. The van der Waals surface area contributed by atoms with Gasteiger partial charge in [0.25, 0.3) is 5.91 Å². The highest BCUT2D eigenvalue weighted by Gasteiger charge is 2.38. The largest absolute Gasteiger partial charge is 0.451 e. The van der Waals surface area contributed by atoms with Crippen LogP contribution in [-0.2, 0) is 6.42 Å². The number of aromatic nitrogens is 3. The maximum absolute atomic E-state index is 13.2. The molecule has 1 fully saturated rings. The Kier molecular flexibility index (Phi) is 5.14. The summed E-state index contributed by atoms with van der Waals surface area (Å²) in [6, 6.07) is 5.20. The van der Waals surface area contributed by atoms with Crippen molar-refractivity contribution in [2.75, 3.05) is 31.1 Å². The summed E-state index contributed by atoms with van der Waals surface area (Å²) in [5.41, 5.74) is 0.0977. The van der Waals surface area contributed by atoms with Crippen LogP contribution in [0.5, 0.6) is 0 Å². The highest BCUT2D eigenvalue weighted by atomic mass is 35.5. The molecule has 0 saturated carbocycles. The lowest BCUT2D eigenvalue weighted by molar-refractivity contribution is 0.0483. The molecule has 4 heterocycles. The molecule has 29 heavy (non-hydrogen) atoms. The first kappa shape index (κ1) is 19.6. The normalized spacial score (nSPS) is 16.4. The molecule has 0 atom stereocenters. The van der Waals surface area contributed by atoms with E-state index in [1.54, 1.807) is 24.5 Å². The predicted molar refractivity (Wildman–Crippen MR) is 109 cm³/mol. The van der Waals surface area contributed by atoms with Crippen molar-refractivity contribution < 1.29 is 14.3 Å². The van der Waals surface area contributed by atoms with E-state index < -0.39 is 5.54 Å². The molecule has 0 aromatic carbocycles. The number of halogens is 1. The summed E-state index contributed by atoms with van der Waals surface area (Å²) in [7, 11) is 0. The van der Waals surface area contributed by atoms with Gasteiger partial charge in [0.15, 0.2) is 5.76 Å². The van der Waals surface area contributed by atoms with E-state index in [9.17, 15) is 4.79 Å². The molecule has 3 aromatic rings. The smallest absolute Gasteiger partial charge is 0.290 e. The van der Waals surface area contributed by atoms with Gasteiger partial charge in [-0.05, 0) is 26.0 Å². The van der Waals surface area contributed by atoms with Crippen LogP contribution in [0.1, 0.15) is 30.2 Å². The molecule has 1 aliphatic rings. The molecular weight excluding hydrogens is 394 g/mol. The molecule has 0 bridgehead atoms. The lowest BCUT2D eigenvalue weighted by Crippen LogP contribution is -2.61. The monoisotopic (exact) mass is 415 g/mol. The molecule has 1 saturated heterocycles. The number of furan rings is 1. The minimum absolute atomic E-state index is 0.00820. The Balaban J connectivity index is 1.55. The third-order valence-corrected chi connectivity index (χ3v) is 5.41. The fourth-order valence-electron chi connectivity index (χ4n) is 3.68. The summed E-state index contributed by atoms with van der Waals surface area (Å²) in [6.45, 7) is 5.81. The van der Waals surface area contributed by atoms with E-state index in [2.05, 4.69) is 19.9 Å². The molecule has 9 heteroatoms. The molecule has 1 N–H and O–H groups in total. The summed E-state index contributed by atoms with van der Waals surface area (Å²) in [6.07, 6.45) is 3.67. The van der Waals surface area contributed by atoms with Gasteiger partial charge in [-0.1, -0.05) is 11.6 Å². The summed E-state index contributed by atoms with van der Waals surface area (Å²) < 4.78 is 5.74. The zero-order valence-corrected chi connectivity index (χ0v) is 17.1. The molecule has 1 aliphatic heterocycles. The van der Waals surface area contributed by atoms with Crippen molar-refractivity contribution in [3.05, 3.63) is 47.3 Å². The van der Waals surface area contributed by atoms with Crippen molar-refractivity contribution in [2.45, 2.75) is 25.8 Å². The zero-order valence-electron chi connectivity index (χ0n) is 16.3. The average molecular weight is 416 g/mol. The summed E-state index contributed by atoms with van der Waals surface area (Å²) in [5, 5.41) is 10.1. The molecule has 8 nitrogen and oxygen atoms in total. The number of carbonyl (C=O) groups excluding carboxylic acids is 1. The Morgan fingerprint density at radius 1 is 1.28 bits per heavy atom. The van der Waals surface area contributed by atoms with Crippen LogP contribution in [0.25, 0.3) is 11.0 Å². The summed E-state index contributed by atoms with van der Waals surface area (Å²) in [5.74, 6) is 1.48. The standard InChI is InChI=1S/C20H22ClN5O3/c1-20(2)12-25(17-4-7-22-16(24-17)5-10-27)8-9-26(20)19(28)15-11-13-14(29-15)3-6-23-18(13)21/h3-4,6-7,11,27H,5,8-10,12H2,1-2H3. The third-order valence-electron chi connectivity index (χ3n) is 5.10. The van der Waals surface area contributed by atoms with Crippen LogP contribution in [0, 0.1) is 0 Å². The lowest BCUT2D eigenvalue weighted by atomic mass is 9.98. The van der Waals surface area contributed by atoms with Crippen molar-refractivity contribution in [1.82, 2.24) is 19.9 Å². The van der Waals surface area contributed by atoms with Gasteiger partial charge in [0.2, 0.25) is 0 Å². The Morgan fingerprint density at radius 2 is 2.07 bits per heavy atom. The van der Waals surface area contributed by atoms with Gasteiger partial charge >= 0.3 is 0 Å². The van der Waals surface area contributed by atoms with Gasteiger partial charge in [0.05, 0.1) is 17.5 Å². The molecular formula is C20H22ClN5O3. The first-order valence-corrected chi connectivity index (χ1v) is 9.80. The van der Waals surface area contributed by atoms with Gasteiger partial charge in [0, 0.05) is 44.5 Å². The maximum Gasteiger partial charge on any atom is 0.290 e. The van der Waals surface area contributed by atoms with E-state index in [4.69, 9.17) is 21.1 Å². The fourth-order valence-corrected chi connectivity index (χ4v) is 3.88. The van der Waals surface area contributed by atoms with E-state index in [0.717, 1.165) is 5.82 Å². The summed E-state index contributed by atoms with van der Waals surface area (Å²) >= 11 is 6.11. The molecule has 152 valence electrons. The van der Waals surface area contributed by atoms with Crippen molar-refractivity contribution in [3.8, 4) is 0 Å². The number of piperazine rings is 1. The van der Waals surface area contributed by atoms with Gasteiger partial charge in [-0.15, -0.1) is 0 Å². The second-order valence-electron chi connectivity index (χ2n) is 7.62. The lowest BCUT2D eigenvalue weighted by Gasteiger charge is -2.47. The van der Waals surface area contributed by atoms with E-state index >= 15 is 0 Å². The number of carbonyl (C=O) groups is 1. The van der Waals surface area contributed by atoms with Crippen molar-refractivity contribution >= 4 is 34.3 Å². The molecule has 0 unspecified atom stereocenters. The summed E-state index contributed by atoms with van der Waals surface area (Å²) in [4.78, 5) is 29.9. The van der Waals surface area contributed by atoms with Gasteiger partial charge < -0.3 is 19.3 Å². The molecule has 0 radical (unpaired) electrons. The van der Waals surface area contributed by atoms with E-state index in [1.165, 1.54) is 0 Å². The number of fused-ring (bicyclic) bond motifs is 1. The maximum atomic E-state index is 13.2. The van der Waals surface area contributed by atoms with Gasteiger partial charge in [-0.3, -0.25) is 4.79 Å². The molecule has 3 aromatic heterocycles. The van der Waals surface area contributed by atoms with E-state index in [-0.39, 0.29) is 18.3 Å². The van der Waals surface area contributed by atoms with Crippen LogP contribution in [0.3, 0.4) is 0 Å². The van der Waals surface area contributed by atoms with Crippen molar-refractivity contribution in [1.29, 1.82) is 0 Å². The molecule has 4 rings (SSSR count). The molecule has 1 amide bonds. The van der Waals surface area contributed by atoms with Gasteiger partial charge in [-0.2, -0.15) is 0 Å². The Bertz CT molecular complexity index is 1050. The molecule has 0 aliphatic carbocycles. The topological polar surface area (TPSA) is 95.6 Å². The highest BCUT2D eigenvalue weighted by Crippen LogP contribution is 2.29. The number of pyridine rings is 1. The van der Waals surface area contributed by atoms with Crippen LogP contribution in [0.4, 0.5) is 5.82 Å². The SMILES string of the molecule is CC1(C)CN(c2ccnc(CCO)n2)CCN1C(=O)c1cc2c(Cl)nccc2o1. The quantitative estimate of drug-likeness (QED) is 0.654. The van der Waals surface area contributed by atoms with E-state index in [0.29, 0.717) is 48.0 Å². The van der Waals surface area contributed by atoms with Gasteiger partial charge in [-0.25, -0.2) is 15.0 Å². The Labute approximate surface area is 173 Å². The number of hydrogen-bond acceptors (Lipinski definition) is 7. The molecule has 0 spiro atoms. The second kappa shape index (κ2) is 7.61. The zero-order chi connectivity index (χ0) is 20.6. The number of amides is 1. The number of aliphatic hydroxyl groups is 1. The average Bonchev–Trinajstić information content (AvgIpc) is 3.13. The van der Waals surface area contributed by atoms with Crippen LogP contribution in [-0.4, -0.2) is 62.6 Å². The fraction of sp³-hybridized carbons (Fsp3) is 0.400.